The summed E-state index contributed by atoms with van der Waals surface area (Å²) in [5.74, 6) is -0.0165. The van der Waals surface area contributed by atoms with Crippen molar-refractivity contribution >= 4 is 28.4 Å². The molecular formula is C17H20ClN3O2. The third-order valence-corrected chi connectivity index (χ3v) is 4.54. The topological polar surface area (TPSA) is 55.2 Å². The summed E-state index contributed by atoms with van der Waals surface area (Å²) in [5, 5.41) is 0.935. The summed E-state index contributed by atoms with van der Waals surface area (Å²) in [6.07, 6.45) is 7.09. The van der Waals surface area contributed by atoms with Gasteiger partial charge in [0.15, 0.2) is 0 Å². The largest absolute Gasteiger partial charge is 0.341 e. The minimum Gasteiger partial charge on any atom is -0.341 e. The van der Waals surface area contributed by atoms with Crippen LogP contribution in [0.1, 0.15) is 32.1 Å². The molecule has 6 heteroatoms. The highest BCUT2D eigenvalue weighted by Crippen LogP contribution is 2.14. The van der Waals surface area contributed by atoms with Gasteiger partial charge in [-0.3, -0.25) is 14.2 Å². The number of aromatic nitrogens is 2. The fourth-order valence-corrected chi connectivity index (χ4v) is 3.16. The van der Waals surface area contributed by atoms with Gasteiger partial charge in [0.2, 0.25) is 5.91 Å². The van der Waals surface area contributed by atoms with Crippen LogP contribution in [-0.4, -0.2) is 33.4 Å². The third-order valence-electron chi connectivity index (χ3n) is 4.30. The maximum absolute atomic E-state index is 12.5. The Morgan fingerprint density at radius 3 is 2.57 bits per heavy atom. The van der Waals surface area contributed by atoms with Gasteiger partial charge in [-0.1, -0.05) is 30.9 Å². The predicted molar refractivity (Wildman–Crippen MR) is 90.7 cm³/mol. The quantitative estimate of drug-likeness (QED) is 0.849. The predicted octanol–water partition coefficient (Wildman–Crippen LogP) is 2.84. The van der Waals surface area contributed by atoms with Gasteiger partial charge >= 0.3 is 0 Å². The average Bonchev–Trinajstić information content (AvgIpc) is 2.50. The van der Waals surface area contributed by atoms with E-state index >= 15 is 0 Å². The van der Waals surface area contributed by atoms with Crippen molar-refractivity contribution in [3.63, 3.8) is 0 Å². The Kier molecular flexibility index (Phi) is 4.96. The molecule has 0 radical (unpaired) electrons. The fraction of sp³-hybridized carbons (Fsp3) is 0.471. The molecule has 0 saturated carbocycles. The molecule has 0 atom stereocenters. The second-order valence-electron chi connectivity index (χ2n) is 5.99. The zero-order chi connectivity index (χ0) is 16.2. The van der Waals surface area contributed by atoms with Gasteiger partial charge in [-0.15, -0.1) is 0 Å². The third kappa shape index (κ3) is 3.72. The van der Waals surface area contributed by atoms with Crippen molar-refractivity contribution < 1.29 is 4.79 Å². The summed E-state index contributed by atoms with van der Waals surface area (Å²) in [6.45, 7) is 1.59. The van der Waals surface area contributed by atoms with Crippen molar-refractivity contribution in [2.45, 2.75) is 38.6 Å². The van der Waals surface area contributed by atoms with Crippen molar-refractivity contribution in [2.75, 3.05) is 13.1 Å². The molecule has 1 saturated heterocycles. The molecule has 2 aromatic rings. The number of fused-ring (bicyclic) bond motifs is 1. The monoisotopic (exact) mass is 333 g/mol. The highest BCUT2D eigenvalue weighted by Gasteiger charge is 2.16. The normalized spacial score (nSPS) is 16.1. The van der Waals surface area contributed by atoms with Crippen LogP contribution in [0.5, 0.6) is 0 Å². The number of hydrogen-bond acceptors (Lipinski definition) is 3. The number of nitrogens with zero attached hydrogens (tertiary/aromatic N) is 3. The van der Waals surface area contributed by atoms with E-state index < -0.39 is 0 Å². The summed E-state index contributed by atoms with van der Waals surface area (Å²) >= 11 is 5.95. The molecule has 3 rings (SSSR count). The van der Waals surface area contributed by atoms with E-state index in [9.17, 15) is 9.59 Å². The molecule has 0 spiro atoms. The molecular weight excluding hydrogens is 314 g/mol. The van der Waals surface area contributed by atoms with Gasteiger partial charge in [-0.25, -0.2) is 4.98 Å². The van der Waals surface area contributed by atoms with Gasteiger partial charge in [0.05, 0.1) is 17.2 Å². The standard InChI is InChI=1S/C17H20ClN3O2/c18-13-6-7-15-14(10-13)17(23)21(12-19-15)11-16(22)20-8-4-2-1-3-5-9-20/h6-7,10,12H,1-5,8-9,11H2. The Morgan fingerprint density at radius 2 is 1.83 bits per heavy atom. The molecule has 0 N–H and O–H groups in total. The Morgan fingerprint density at radius 1 is 1.13 bits per heavy atom. The number of halogens is 1. The number of benzene rings is 1. The Hall–Kier alpha value is -1.88. The van der Waals surface area contributed by atoms with Gasteiger partial charge in [0, 0.05) is 18.1 Å². The molecule has 5 nitrogen and oxygen atoms in total. The van der Waals surface area contributed by atoms with Crippen LogP contribution in [0.25, 0.3) is 10.9 Å². The first-order valence-corrected chi connectivity index (χ1v) is 8.45. The summed E-state index contributed by atoms with van der Waals surface area (Å²) < 4.78 is 1.37. The van der Waals surface area contributed by atoms with Crippen LogP contribution in [-0.2, 0) is 11.3 Å². The first kappa shape index (κ1) is 16.0. The van der Waals surface area contributed by atoms with Crippen LogP contribution in [0.15, 0.2) is 29.3 Å². The molecule has 122 valence electrons. The minimum absolute atomic E-state index is 0.0165. The highest BCUT2D eigenvalue weighted by molar-refractivity contribution is 6.31. The van der Waals surface area contributed by atoms with Gasteiger partial charge in [-0.2, -0.15) is 0 Å². The van der Waals surface area contributed by atoms with Crippen molar-refractivity contribution in [1.29, 1.82) is 0 Å². The Bertz CT molecular complexity index is 764. The molecule has 1 aromatic heterocycles. The van der Waals surface area contributed by atoms with Gasteiger partial charge < -0.3 is 4.90 Å². The smallest absolute Gasteiger partial charge is 0.261 e. The van der Waals surface area contributed by atoms with Crippen LogP contribution in [0.4, 0.5) is 0 Å². The second-order valence-corrected chi connectivity index (χ2v) is 6.42. The zero-order valence-corrected chi connectivity index (χ0v) is 13.8. The number of amides is 1. The first-order valence-electron chi connectivity index (χ1n) is 8.07. The van der Waals surface area contributed by atoms with Gasteiger partial charge in [0.1, 0.15) is 6.54 Å². The van der Waals surface area contributed by atoms with E-state index in [-0.39, 0.29) is 18.0 Å². The van der Waals surface area contributed by atoms with Crippen molar-refractivity contribution in [3.8, 4) is 0 Å². The molecule has 2 heterocycles. The fourth-order valence-electron chi connectivity index (χ4n) is 2.99. The maximum atomic E-state index is 12.5. The summed E-state index contributed by atoms with van der Waals surface area (Å²) in [6, 6.07) is 5.01. The van der Waals surface area contributed by atoms with Crippen LogP contribution in [0.3, 0.4) is 0 Å². The van der Waals surface area contributed by atoms with Crippen LogP contribution < -0.4 is 5.56 Å². The molecule has 1 aromatic carbocycles. The molecule has 1 amide bonds. The van der Waals surface area contributed by atoms with E-state index in [1.165, 1.54) is 30.2 Å². The van der Waals surface area contributed by atoms with E-state index in [0.717, 1.165) is 25.9 Å². The lowest BCUT2D eigenvalue weighted by molar-refractivity contribution is -0.132. The molecule has 0 unspecified atom stereocenters. The lowest BCUT2D eigenvalue weighted by atomic mass is 10.1. The average molecular weight is 334 g/mol. The number of hydrogen-bond donors (Lipinski definition) is 0. The molecule has 0 bridgehead atoms. The summed E-state index contributed by atoms with van der Waals surface area (Å²) in [7, 11) is 0. The lowest BCUT2D eigenvalue weighted by Crippen LogP contribution is -2.38. The van der Waals surface area contributed by atoms with E-state index in [4.69, 9.17) is 11.6 Å². The molecule has 1 aliphatic heterocycles. The van der Waals surface area contributed by atoms with E-state index in [1.54, 1.807) is 18.2 Å². The maximum Gasteiger partial charge on any atom is 0.261 e. The summed E-state index contributed by atoms with van der Waals surface area (Å²) in [5.41, 5.74) is 0.368. The Labute approximate surface area is 139 Å². The SMILES string of the molecule is O=C(Cn1cnc2ccc(Cl)cc2c1=O)N1CCCCCCC1. The molecule has 1 fully saturated rings. The van der Waals surface area contributed by atoms with E-state index in [2.05, 4.69) is 4.98 Å². The highest BCUT2D eigenvalue weighted by atomic mass is 35.5. The zero-order valence-electron chi connectivity index (χ0n) is 13.0. The lowest BCUT2D eigenvalue weighted by Gasteiger charge is -2.25. The van der Waals surface area contributed by atoms with Crippen LogP contribution in [0.2, 0.25) is 5.02 Å². The van der Waals surface area contributed by atoms with Crippen molar-refractivity contribution in [3.05, 3.63) is 39.9 Å². The van der Waals surface area contributed by atoms with E-state index in [0.29, 0.717) is 15.9 Å². The second kappa shape index (κ2) is 7.13. The first-order chi connectivity index (χ1) is 11.1. The Balaban J connectivity index is 1.81. The number of carbonyl (C=O) groups is 1. The number of rotatable bonds is 2. The molecule has 23 heavy (non-hydrogen) atoms. The number of likely N-dealkylation sites (tertiary alicyclic amines) is 1. The van der Waals surface area contributed by atoms with Crippen LogP contribution >= 0.6 is 11.6 Å². The minimum atomic E-state index is -0.224. The molecule has 1 aliphatic rings. The molecule has 0 aliphatic carbocycles. The summed E-state index contributed by atoms with van der Waals surface area (Å²) in [4.78, 5) is 31.1. The number of carbonyl (C=O) groups excluding carboxylic acids is 1. The van der Waals surface area contributed by atoms with Gasteiger partial charge in [0.25, 0.3) is 5.56 Å². The van der Waals surface area contributed by atoms with E-state index in [1.807, 2.05) is 4.90 Å². The van der Waals surface area contributed by atoms with Crippen molar-refractivity contribution in [1.82, 2.24) is 14.5 Å². The van der Waals surface area contributed by atoms with Gasteiger partial charge in [-0.05, 0) is 31.0 Å². The van der Waals surface area contributed by atoms with Crippen molar-refractivity contribution in [2.24, 2.45) is 0 Å². The van der Waals surface area contributed by atoms with Crippen LogP contribution in [0, 0.1) is 0 Å².